The zero-order chi connectivity index (χ0) is 14.6. The minimum atomic E-state index is -0.822. The Morgan fingerprint density at radius 3 is 2.65 bits per heavy atom. The fourth-order valence-electron chi connectivity index (χ4n) is 2.59. The van der Waals surface area contributed by atoms with E-state index in [4.69, 9.17) is 15.2 Å². The van der Waals surface area contributed by atoms with Gasteiger partial charge in [-0.05, 0) is 49.9 Å². The van der Waals surface area contributed by atoms with Gasteiger partial charge in [-0.15, -0.1) is 11.8 Å². The van der Waals surface area contributed by atoms with E-state index in [0.29, 0.717) is 18.1 Å². The molecule has 20 heavy (non-hydrogen) atoms. The number of benzene rings is 1. The smallest absolute Gasteiger partial charge is 0.325 e. The summed E-state index contributed by atoms with van der Waals surface area (Å²) in [7, 11) is 3.06. The minimum absolute atomic E-state index is 0.294. The first-order valence-corrected chi connectivity index (χ1v) is 7.63. The number of nitrogens with two attached hydrogens (primary N) is 1. The van der Waals surface area contributed by atoms with E-state index >= 15 is 0 Å². The van der Waals surface area contributed by atoms with Gasteiger partial charge in [0.2, 0.25) is 0 Å². The molecule has 5 heteroatoms. The van der Waals surface area contributed by atoms with Crippen LogP contribution in [0.5, 0.6) is 5.75 Å². The van der Waals surface area contributed by atoms with E-state index in [2.05, 4.69) is 0 Å². The van der Waals surface area contributed by atoms with Crippen molar-refractivity contribution < 1.29 is 14.3 Å². The first kappa shape index (κ1) is 15.2. The molecule has 0 heterocycles. The predicted octanol–water partition coefficient (Wildman–Crippen LogP) is 2.60. The average molecular weight is 295 g/mol. The predicted molar refractivity (Wildman–Crippen MR) is 80.0 cm³/mol. The van der Waals surface area contributed by atoms with E-state index in [1.165, 1.54) is 12.0 Å². The van der Waals surface area contributed by atoms with Gasteiger partial charge >= 0.3 is 5.97 Å². The zero-order valence-corrected chi connectivity index (χ0v) is 12.7. The molecule has 2 unspecified atom stereocenters. The Kier molecular flexibility index (Phi) is 4.94. The average Bonchev–Trinajstić information content (AvgIpc) is 2.47. The molecule has 1 fully saturated rings. The molecule has 0 saturated heterocycles. The lowest BCUT2D eigenvalue weighted by molar-refractivity contribution is -0.148. The van der Waals surface area contributed by atoms with E-state index < -0.39 is 5.54 Å². The highest BCUT2D eigenvalue weighted by atomic mass is 32.2. The fraction of sp³-hybridized carbons (Fsp3) is 0.533. The third kappa shape index (κ3) is 3.46. The molecule has 2 atom stereocenters. The van der Waals surface area contributed by atoms with Crippen LogP contribution in [0.1, 0.15) is 25.7 Å². The van der Waals surface area contributed by atoms with Crippen LogP contribution in [0.15, 0.2) is 29.2 Å². The largest absolute Gasteiger partial charge is 0.497 e. The quantitative estimate of drug-likeness (QED) is 0.865. The molecule has 0 aromatic heterocycles. The molecule has 0 spiro atoms. The lowest BCUT2D eigenvalue weighted by Gasteiger charge is -2.35. The summed E-state index contributed by atoms with van der Waals surface area (Å²) >= 11 is 1.77. The Morgan fingerprint density at radius 2 is 2.05 bits per heavy atom. The topological polar surface area (TPSA) is 61.5 Å². The van der Waals surface area contributed by atoms with Crippen LogP contribution in [-0.4, -0.2) is 31.0 Å². The molecule has 0 aliphatic heterocycles. The van der Waals surface area contributed by atoms with Crippen molar-refractivity contribution in [3.63, 3.8) is 0 Å². The van der Waals surface area contributed by atoms with E-state index in [0.717, 1.165) is 18.6 Å². The van der Waals surface area contributed by atoms with Gasteiger partial charge in [0, 0.05) is 10.1 Å². The van der Waals surface area contributed by atoms with Crippen LogP contribution in [-0.2, 0) is 9.53 Å². The maximum Gasteiger partial charge on any atom is 0.325 e. The van der Waals surface area contributed by atoms with Gasteiger partial charge in [0.05, 0.1) is 14.2 Å². The Bertz CT molecular complexity index is 463. The summed E-state index contributed by atoms with van der Waals surface area (Å²) < 4.78 is 9.98. The maximum atomic E-state index is 11.8. The van der Waals surface area contributed by atoms with Crippen molar-refractivity contribution >= 4 is 17.7 Å². The molecule has 1 aliphatic carbocycles. The molecule has 4 nitrogen and oxygen atoms in total. The van der Waals surface area contributed by atoms with Crippen molar-refractivity contribution in [1.29, 1.82) is 0 Å². The number of methoxy groups -OCH3 is 2. The normalized spacial score (nSPS) is 26.1. The highest BCUT2D eigenvalue weighted by molar-refractivity contribution is 8.00. The van der Waals surface area contributed by atoms with Crippen molar-refractivity contribution in [1.82, 2.24) is 0 Å². The molecule has 110 valence electrons. The number of carbonyl (C=O) groups excluding carboxylic acids is 1. The van der Waals surface area contributed by atoms with Crippen molar-refractivity contribution in [2.24, 2.45) is 5.73 Å². The van der Waals surface area contributed by atoms with E-state index in [1.54, 1.807) is 18.9 Å². The van der Waals surface area contributed by atoms with Gasteiger partial charge in [-0.25, -0.2) is 0 Å². The summed E-state index contributed by atoms with van der Waals surface area (Å²) in [6, 6.07) is 7.96. The van der Waals surface area contributed by atoms with Crippen LogP contribution >= 0.6 is 11.8 Å². The van der Waals surface area contributed by atoms with E-state index in [-0.39, 0.29) is 5.97 Å². The summed E-state index contributed by atoms with van der Waals surface area (Å²) in [4.78, 5) is 13.0. The molecule has 2 rings (SSSR count). The first-order chi connectivity index (χ1) is 9.57. The number of ether oxygens (including phenoxy) is 2. The molecule has 0 amide bonds. The van der Waals surface area contributed by atoms with Gasteiger partial charge in [-0.1, -0.05) is 0 Å². The molecule has 0 bridgehead atoms. The Hall–Kier alpha value is -1.20. The third-order valence-electron chi connectivity index (χ3n) is 3.70. The van der Waals surface area contributed by atoms with Gasteiger partial charge in [-0.3, -0.25) is 4.79 Å². The number of rotatable bonds is 4. The molecule has 0 radical (unpaired) electrons. The van der Waals surface area contributed by atoms with Crippen molar-refractivity contribution in [2.75, 3.05) is 14.2 Å². The van der Waals surface area contributed by atoms with Gasteiger partial charge < -0.3 is 15.2 Å². The van der Waals surface area contributed by atoms with Crippen molar-refractivity contribution in [2.45, 2.75) is 41.4 Å². The summed E-state index contributed by atoms with van der Waals surface area (Å²) in [5.41, 5.74) is 5.37. The summed E-state index contributed by atoms with van der Waals surface area (Å²) in [5, 5.41) is 0.348. The number of thioether (sulfide) groups is 1. The van der Waals surface area contributed by atoms with E-state index in [1.807, 2.05) is 24.3 Å². The Morgan fingerprint density at radius 1 is 1.35 bits per heavy atom. The molecule has 1 saturated carbocycles. The second-order valence-electron chi connectivity index (χ2n) is 5.16. The minimum Gasteiger partial charge on any atom is -0.497 e. The highest BCUT2D eigenvalue weighted by Gasteiger charge is 2.40. The summed E-state index contributed by atoms with van der Waals surface area (Å²) in [5.74, 6) is 0.554. The van der Waals surface area contributed by atoms with Crippen molar-refractivity contribution in [3.05, 3.63) is 24.3 Å². The lowest BCUT2D eigenvalue weighted by Crippen LogP contribution is -2.52. The van der Waals surface area contributed by atoms with Gasteiger partial charge in [0.1, 0.15) is 11.3 Å². The molecule has 1 aromatic carbocycles. The zero-order valence-electron chi connectivity index (χ0n) is 11.9. The van der Waals surface area contributed by atoms with Crippen LogP contribution in [0, 0.1) is 0 Å². The van der Waals surface area contributed by atoms with E-state index in [9.17, 15) is 4.79 Å². The van der Waals surface area contributed by atoms with Crippen LogP contribution in [0.25, 0.3) is 0 Å². The van der Waals surface area contributed by atoms with Gasteiger partial charge in [-0.2, -0.15) is 0 Å². The standard InChI is InChI=1S/C15H21NO3S/c1-18-11-5-7-12(8-6-11)20-13-4-3-9-15(16,10-13)14(17)19-2/h5-8,13H,3-4,9-10,16H2,1-2H3. The third-order valence-corrected chi connectivity index (χ3v) is 4.98. The highest BCUT2D eigenvalue weighted by Crippen LogP contribution is 2.38. The van der Waals surface area contributed by atoms with Crippen LogP contribution in [0.4, 0.5) is 0 Å². The second-order valence-corrected chi connectivity index (χ2v) is 6.53. The SMILES string of the molecule is COC(=O)C1(N)CCCC(Sc2ccc(OC)cc2)C1. The number of esters is 1. The number of hydrogen-bond donors (Lipinski definition) is 1. The van der Waals surface area contributed by atoms with Crippen LogP contribution < -0.4 is 10.5 Å². The molecular formula is C15H21NO3S. The summed E-state index contributed by atoms with van der Waals surface area (Å²) in [6.07, 6.45) is 3.40. The van der Waals surface area contributed by atoms with Gasteiger partial charge in [0.15, 0.2) is 0 Å². The second kappa shape index (κ2) is 6.50. The monoisotopic (exact) mass is 295 g/mol. The fourth-order valence-corrected chi connectivity index (χ4v) is 3.93. The van der Waals surface area contributed by atoms with Gasteiger partial charge in [0.25, 0.3) is 0 Å². The Labute approximate surface area is 124 Å². The number of hydrogen-bond acceptors (Lipinski definition) is 5. The molecule has 2 N–H and O–H groups in total. The summed E-state index contributed by atoms with van der Waals surface area (Å²) in [6.45, 7) is 0. The van der Waals surface area contributed by atoms with Crippen LogP contribution in [0.3, 0.4) is 0 Å². The first-order valence-electron chi connectivity index (χ1n) is 6.75. The molecular weight excluding hydrogens is 274 g/mol. The molecule has 1 aliphatic rings. The maximum absolute atomic E-state index is 11.8. The number of carbonyl (C=O) groups is 1. The molecule has 1 aromatic rings. The van der Waals surface area contributed by atoms with Crippen molar-refractivity contribution in [3.8, 4) is 5.75 Å². The van der Waals surface area contributed by atoms with Crippen LogP contribution in [0.2, 0.25) is 0 Å². The lowest BCUT2D eigenvalue weighted by atomic mass is 9.82. The Balaban J connectivity index is 2.00.